The van der Waals surface area contributed by atoms with Gasteiger partial charge in [-0.05, 0) is 98.5 Å². The summed E-state index contributed by atoms with van der Waals surface area (Å²) < 4.78 is 0. The molecule has 1 aromatic rings. The van der Waals surface area contributed by atoms with Crippen molar-refractivity contribution < 1.29 is 0 Å². The maximum absolute atomic E-state index is 7.06. The Morgan fingerprint density at radius 3 is 2.72 bits per heavy atom. The van der Waals surface area contributed by atoms with Crippen LogP contribution in [0.3, 0.4) is 0 Å². The van der Waals surface area contributed by atoms with E-state index in [2.05, 4.69) is 92.1 Å². The van der Waals surface area contributed by atoms with Crippen LogP contribution in [-0.2, 0) is 12.8 Å². The molecule has 1 aliphatic rings. The van der Waals surface area contributed by atoms with Gasteiger partial charge in [-0.2, -0.15) is 0 Å². The zero-order valence-electron chi connectivity index (χ0n) is 22.8. The molecule has 0 heterocycles. The zero-order chi connectivity index (χ0) is 26.2. The van der Waals surface area contributed by atoms with Crippen molar-refractivity contribution in [3.8, 4) is 0 Å². The third-order valence-electron chi connectivity index (χ3n) is 6.36. The van der Waals surface area contributed by atoms with E-state index in [0.717, 1.165) is 51.1 Å². The predicted molar refractivity (Wildman–Crippen MR) is 163 cm³/mol. The molecule has 0 saturated heterocycles. The average Bonchev–Trinajstić information content (AvgIpc) is 2.89. The molecular formula is C31H46N4S. The van der Waals surface area contributed by atoms with Crippen molar-refractivity contribution in [3.05, 3.63) is 89.0 Å². The van der Waals surface area contributed by atoms with E-state index < -0.39 is 0 Å². The Kier molecular flexibility index (Phi) is 14.1. The third-order valence-corrected chi connectivity index (χ3v) is 7.60. The second-order valence-corrected chi connectivity index (χ2v) is 10.6. The summed E-state index contributed by atoms with van der Waals surface area (Å²) in [6, 6.07) is 7.36. The van der Waals surface area contributed by atoms with E-state index >= 15 is 0 Å². The number of aryl methyl sites for hydroxylation is 2. The molecule has 36 heavy (non-hydrogen) atoms. The number of thioether (sulfide) groups is 1. The van der Waals surface area contributed by atoms with E-state index in [1.165, 1.54) is 39.9 Å². The molecule has 196 valence electrons. The molecule has 0 aromatic heterocycles. The van der Waals surface area contributed by atoms with Gasteiger partial charge >= 0.3 is 0 Å². The molecule has 0 bridgehead atoms. The fraction of sp³-hybridized carbons (Fsp3) is 0.452. The van der Waals surface area contributed by atoms with Gasteiger partial charge in [0.15, 0.2) is 0 Å². The van der Waals surface area contributed by atoms with E-state index in [1.807, 2.05) is 24.0 Å². The van der Waals surface area contributed by atoms with Gasteiger partial charge in [-0.3, -0.25) is 0 Å². The monoisotopic (exact) mass is 506 g/mol. The van der Waals surface area contributed by atoms with Gasteiger partial charge < -0.3 is 20.5 Å². The van der Waals surface area contributed by atoms with Gasteiger partial charge in [0.2, 0.25) is 0 Å². The molecule has 0 spiro atoms. The van der Waals surface area contributed by atoms with Crippen molar-refractivity contribution >= 4 is 23.7 Å². The van der Waals surface area contributed by atoms with Crippen LogP contribution in [0.2, 0.25) is 0 Å². The second kappa shape index (κ2) is 17.0. The zero-order valence-corrected chi connectivity index (χ0v) is 23.6. The number of nitrogens with zero attached hydrogens (tertiary/aromatic N) is 2. The summed E-state index contributed by atoms with van der Waals surface area (Å²) in [6.07, 6.45) is 21.3. The van der Waals surface area contributed by atoms with Gasteiger partial charge in [-0.15, -0.1) is 18.3 Å². The van der Waals surface area contributed by atoms with E-state index in [9.17, 15) is 0 Å². The Balaban J connectivity index is 1.84. The minimum atomic E-state index is 0.322. The molecule has 5 heteroatoms. The highest BCUT2D eigenvalue weighted by Crippen LogP contribution is 2.28. The van der Waals surface area contributed by atoms with Crippen LogP contribution >= 0.6 is 11.8 Å². The van der Waals surface area contributed by atoms with E-state index in [0.29, 0.717) is 6.04 Å². The normalized spacial score (nSPS) is 15.9. The standard InChI is InChI=1S/C31H46N4S/c1-6-20-35(22-21-34(4)5)30-17-14-28(27(7-2)25-30)11-9-23-36-31(8-3)24-26-12-15-29(16-13-26)33-19-10-18-32/h6,8,10,12-15,17-19,25,29,32-33H,1,7,9,11,16,20-24H2,2-5H3/b19-10-,31-8-,32-18?. The van der Waals surface area contributed by atoms with Gasteiger partial charge in [0.1, 0.15) is 0 Å². The van der Waals surface area contributed by atoms with E-state index in [1.54, 1.807) is 6.08 Å². The van der Waals surface area contributed by atoms with Gasteiger partial charge in [0.05, 0.1) is 0 Å². The summed E-state index contributed by atoms with van der Waals surface area (Å²) in [4.78, 5) is 6.10. The van der Waals surface area contributed by atoms with Crippen LogP contribution < -0.4 is 10.2 Å². The van der Waals surface area contributed by atoms with Crippen molar-refractivity contribution in [2.75, 3.05) is 44.4 Å². The summed E-state index contributed by atoms with van der Waals surface area (Å²) >= 11 is 2.00. The maximum Gasteiger partial charge on any atom is 0.0476 e. The smallest absolute Gasteiger partial charge is 0.0476 e. The lowest BCUT2D eigenvalue weighted by Crippen LogP contribution is -2.31. The molecule has 0 fully saturated rings. The quantitative estimate of drug-likeness (QED) is 0.139. The first-order valence-electron chi connectivity index (χ1n) is 13.2. The first-order chi connectivity index (χ1) is 17.5. The van der Waals surface area contributed by atoms with E-state index in [-0.39, 0.29) is 0 Å². The number of nitrogens with one attached hydrogen (secondary N) is 2. The summed E-state index contributed by atoms with van der Waals surface area (Å²) in [5.74, 6) is 1.14. The Morgan fingerprint density at radius 1 is 1.25 bits per heavy atom. The van der Waals surface area contributed by atoms with Crippen LogP contribution in [0.5, 0.6) is 0 Å². The third kappa shape index (κ3) is 10.6. The van der Waals surface area contributed by atoms with Crippen LogP contribution in [0, 0.1) is 5.41 Å². The highest BCUT2D eigenvalue weighted by Gasteiger charge is 2.11. The van der Waals surface area contributed by atoms with Crippen molar-refractivity contribution in [2.24, 2.45) is 0 Å². The van der Waals surface area contributed by atoms with Gasteiger partial charge in [-0.1, -0.05) is 43.4 Å². The second-order valence-electron chi connectivity index (χ2n) is 9.40. The molecule has 0 amide bonds. The number of anilines is 1. The fourth-order valence-electron chi connectivity index (χ4n) is 4.23. The molecule has 1 unspecified atom stereocenters. The molecular weight excluding hydrogens is 460 g/mol. The van der Waals surface area contributed by atoms with Crippen LogP contribution in [-0.4, -0.2) is 56.6 Å². The largest absolute Gasteiger partial charge is 0.384 e. The van der Waals surface area contributed by atoms with Crippen molar-refractivity contribution in [2.45, 2.75) is 52.0 Å². The lowest BCUT2D eigenvalue weighted by molar-refractivity contribution is 0.415. The van der Waals surface area contributed by atoms with Crippen LogP contribution in [0.25, 0.3) is 0 Å². The number of allylic oxidation sites excluding steroid dienone is 5. The molecule has 2 rings (SSSR count). The van der Waals surface area contributed by atoms with Gasteiger partial charge in [0.25, 0.3) is 0 Å². The lowest BCUT2D eigenvalue weighted by atomic mass is 10.00. The summed E-state index contributed by atoms with van der Waals surface area (Å²) in [6.45, 7) is 11.3. The predicted octanol–water partition coefficient (Wildman–Crippen LogP) is 6.77. The fourth-order valence-corrected chi connectivity index (χ4v) is 5.22. The Morgan fingerprint density at radius 2 is 2.08 bits per heavy atom. The van der Waals surface area contributed by atoms with Gasteiger partial charge in [0, 0.05) is 44.0 Å². The number of likely N-dealkylation sites (N-methyl/N-ethyl adjacent to an activating group) is 1. The van der Waals surface area contributed by atoms with Crippen LogP contribution in [0.4, 0.5) is 5.69 Å². The molecule has 2 N–H and O–H groups in total. The Hall–Kier alpha value is -2.50. The van der Waals surface area contributed by atoms with Crippen LogP contribution in [0.15, 0.2) is 77.9 Å². The molecule has 1 aliphatic carbocycles. The Labute approximate surface area is 224 Å². The van der Waals surface area contributed by atoms with Gasteiger partial charge in [-0.25, -0.2) is 0 Å². The molecule has 1 atom stereocenters. The van der Waals surface area contributed by atoms with Crippen LogP contribution in [0.1, 0.15) is 44.2 Å². The maximum atomic E-state index is 7.06. The highest BCUT2D eigenvalue weighted by atomic mass is 32.2. The van der Waals surface area contributed by atoms with Crippen molar-refractivity contribution in [3.63, 3.8) is 0 Å². The first-order valence-corrected chi connectivity index (χ1v) is 14.2. The molecule has 0 radical (unpaired) electrons. The lowest BCUT2D eigenvalue weighted by Gasteiger charge is -2.26. The Bertz CT molecular complexity index is 942. The summed E-state index contributed by atoms with van der Waals surface area (Å²) in [5, 5.41) is 10.4. The van der Waals surface area contributed by atoms with Crippen molar-refractivity contribution in [1.29, 1.82) is 5.41 Å². The topological polar surface area (TPSA) is 42.4 Å². The average molecular weight is 507 g/mol. The van der Waals surface area contributed by atoms with E-state index in [4.69, 9.17) is 5.41 Å². The minimum Gasteiger partial charge on any atom is -0.384 e. The van der Waals surface area contributed by atoms with Crippen molar-refractivity contribution in [1.82, 2.24) is 10.2 Å². The summed E-state index contributed by atoms with van der Waals surface area (Å²) in [5.41, 5.74) is 5.66. The summed E-state index contributed by atoms with van der Waals surface area (Å²) in [7, 11) is 4.25. The molecule has 1 aromatic carbocycles. The minimum absolute atomic E-state index is 0.322. The first kappa shape index (κ1) is 29.7. The molecule has 0 aliphatic heterocycles. The molecule has 0 saturated carbocycles. The number of rotatable bonds is 17. The number of hydrogen-bond donors (Lipinski definition) is 2. The highest BCUT2D eigenvalue weighted by molar-refractivity contribution is 8.03. The molecule has 4 nitrogen and oxygen atoms in total. The SMILES string of the molecule is C=CCN(CCN(C)C)c1ccc(CCCS/C(=C\C)CC2=CCC(N/C=C\C=N)C=C2)c(CC)c1. The number of benzene rings is 1. The number of hydrogen-bond acceptors (Lipinski definition) is 5.